The number of ether oxygens (including phenoxy) is 1. The molecular weight excluding hydrogens is 317 g/mol. The van der Waals surface area contributed by atoms with Crippen LogP contribution >= 0.6 is 0 Å². The van der Waals surface area contributed by atoms with Crippen molar-refractivity contribution in [1.82, 2.24) is 0 Å². The smallest absolute Gasteiger partial charge is 0.416 e. The van der Waals surface area contributed by atoms with E-state index in [0.29, 0.717) is 0 Å². The molecule has 2 nitrogen and oxygen atoms in total. The minimum absolute atomic E-state index is 0.118. The fourth-order valence-electron chi connectivity index (χ4n) is 2.23. The number of hydrogen-bond donors (Lipinski definition) is 0. The van der Waals surface area contributed by atoms with Gasteiger partial charge in [0.25, 0.3) is 0 Å². The van der Waals surface area contributed by atoms with Crippen molar-refractivity contribution < 1.29 is 22.7 Å². The molecule has 0 fully saturated rings. The topological polar surface area (TPSA) is 26.3 Å². The van der Waals surface area contributed by atoms with Crippen LogP contribution in [0.5, 0.6) is 0 Å². The third kappa shape index (κ3) is 8.18. The number of benzene rings is 1. The van der Waals surface area contributed by atoms with E-state index in [1.165, 1.54) is 32.1 Å². The van der Waals surface area contributed by atoms with Gasteiger partial charge < -0.3 is 4.74 Å². The minimum atomic E-state index is -4.40. The Labute approximate surface area is 141 Å². The summed E-state index contributed by atoms with van der Waals surface area (Å²) in [6.07, 6.45) is 7.68. The highest BCUT2D eigenvalue weighted by molar-refractivity contribution is 5.89. The highest BCUT2D eigenvalue weighted by atomic mass is 19.4. The predicted molar refractivity (Wildman–Crippen MR) is 88.9 cm³/mol. The maximum atomic E-state index is 12.4. The van der Waals surface area contributed by atoms with Gasteiger partial charge in [-0.25, -0.2) is 4.79 Å². The number of unbranched alkanes of at least 4 members (excludes halogenated alkanes) is 6. The molecule has 5 heteroatoms. The molecule has 0 atom stereocenters. The lowest BCUT2D eigenvalue weighted by Crippen LogP contribution is -2.08. The molecule has 1 aromatic carbocycles. The highest BCUT2D eigenvalue weighted by Crippen LogP contribution is 2.29. The third-order valence-electron chi connectivity index (χ3n) is 3.65. The number of rotatable bonds is 10. The maximum absolute atomic E-state index is 12.4. The van der Waals surface area contributed by atoms with Crippen molar-refractivity contribution in [3.8, 4) is 0 Å². The predicted octanol–water partition coefficient (Wildman–Crippen LogP) is 6.17. The Kier molecular flexibility index (Phi) is 9.20. The van der Waals surface area contributed by atoms with Crippen LogP contribution in [-0.2, 0) is 10.9 Å². The minimum Gasteiger partial charge on any atom is -0.458 e. The largest absolute Gasteiger partial charge is 0.458 e. The van der Waals surface area contributed by atoms with E-state index in [4.69, 9.17) is 4.74 Å². The second-order valence-corrected chi connectivity index (χ2v) is 5.70. The summed E-state index contributed by atoms with van der Waals surface area (Å²) in [6, 6.07) is 4.02. The quantitative estimate of drug-likeness (QED) is 0.289. The molecule has 0 aromatic heterocycles. The van der Waals surface area contributed by atoms with E-state index in [-0.39, 0.29) is 12.2 Å². The van der Waals surface area contributed by atoms with E-state index in [1.807, 2.05) is 6.08 Å². The van der Waals surface area contributed by atoms with Crippen LogP contribution in [0.25, 0.3) is 0 Å². The molecular formula is C19H25F3O2. The van der Waals surface area contributed by atoms with E-state index in [9.17, 15) is 18.0 Å². The fourth-order valence-corrected chi connectivity index (χ4v) is 2.23. The normalized spacial score (nSPS) is 11.8. The molecule has 0 aliphatic carbocycles. The first kappa shape index (κ1) is 20.3. The number of esters is 1. The second-order valence-electron chi connectivity index (χ2n) is 5.70. The average molecular weight is 342 g/mol. The van der Waals surface area contributed by atoms with Gasteiger partial charge in [-0.15, -0.1) is 0 Å². The van der Waals surface area contributed by atoms with Crippen molar-refractivity contribution in [3.05, 3.63) is 47.5 Å². The van der Waals surface area contributed by atoms with Crippen molar-refractivity contribution in [1.29, 1.82) is 0 Å². The third-order valence-corrected chi connectivity index (χ3v) is 3.65. The van der Waals surface area contributed by atoms with Crippen LogP contribution < -0.4 is 0 Å². The number of carbonyl (C=O) groups excluding carboxylic acids is 1. The average Bonchev–Trinajstić information content (AvgIpc) is 2.55. The highest BCUT2D eigenvalue weighted by Gasteiger charge is 2.30. The van der Waals surface area contributed by atoms with Crippen LogP contribution in [-0.4, -0.2) is 12.6 Å². The molecule has 0 radical (unpaired) electrons. The van der Waals surface area contributed by atoms with Crippen LogP contribution in [0, 0.1) is 0 Å². The Morgan fingerprint density at radius 3 is 2.25 bits per heavy atom. The second kappa shape index (κ2) is 10.9. The SMILES string of the molecule is CCCCCCCC/C=C/COC(=O)c1ccc(C(F)(F)F)cc1. The van der Waals surface area contributed by atoms with Crippen LogP contribution in [0.15, 0.2) is 36.4 Å². The number of halogens is 3. The van der Waals surface area contributed by atoms with Gasteiger partial charge in [-0.1, -0.05) is 51.2 Å². The Morgan fingerprint density at radius 1 is 1.00 bits per heavy atom. The lowest BCUT2D eigenvalue weighted by molar-refractivity contribution is -0.137. The first-order chi connectivity index (χ1) is 11.4. The molecule has 0 amide bonds. The lowest BCUT2D eigenvalue weighted by Gasteiger charge is -2.07. The molecule has 0 N–H and O–H groups in total. The van der Waals surface area contributed by atoms with Crippen LogP contribution in [0.3, 0.4) is 0 Å². The van der Waals surface area contributed by atoms with Crippen molar-refractivity contribution in [3.63, 3.8) is 0 Å². The van der Waals surface area contributed by atoms with Crippen LogP contribution in [0.2, 0.25) is 0 Å². The van der Waals surface area contributed by atoms with Gasteiger partial charge in [0.2, 0.25) is 0 Å². The summed E-state index contributed by atoms with van der Waals surface area (Å²) >= 11 is 0. The van der Waals surface area contributed by atoms with Crippen molar-refractivity contribution >= 4 is 5.97 Å². The van der Waals surface area contributed by atoms with E-state index in [1.54, 1.807) is 6.08 Å². The Balaban J connectivity index is 2.21. The van der Waals surface area contributed by atoms with E-state index >= 15 is 0 Å². The van der Waals surface area contributed by atoms with E-state index < -0.39 is 17.7 Å². The fraction of sp³-hybridized carbons (Fsp3) is 0.526. The van der Waals surface area contributed by atoms with Crippen molar-refractivity contribution in [2.75, 3.05) is 6.61 Å². The zero-order valence-electron chi connectivity index (χ0n) is 14.1. The first-order valence-corrected chi connectivity index (χ1v) is 8.44. The van der Waals surface area contributed by atoms with Gasteiger partial charge in [0.05, 0.1) is 11.1 Å². The summed E-state index contributed by atoms with van der Waals surface area (Å²) in [7, 11) is 0. The van der Waals surface area contributed by atoms with Gasteiger partial charge in [0.15, 0.2) is 0 Å². The number of alkyl halides is 3. The Morgan fingerprint density at radius 2 is 1.62 bits per heavy atom. The zero-order chi connectivity index (χ0) is 17.8. The molecule has 1 rings (SSSR count). The first-order valence-electron chi connectivity index (χ1n) is 8.44. The molecule has 0 heterocycles. The molecule has 24 heavy (non-hydrogen) atoms. The monoisotopic (exact) mass is 342 g/mol. The van der Waals surface area contributed by atoms with Gasteiger partial charge in [-0.05, 0) is 37.1 Å². The number of hydrogen-bond acceptors (Lipinski definition) is 2. The van der Waals surface area contributed by atoms with Crippen LogP contribution in [0.4, 0.5) is 13.2 Å². The molecule has 1 aromatic rings. The van der Waals surface area contributed by atoms with Crippen molar-refractivity contribution in [2.24, 2.45) is 0 Å². The van der Waals surface area contributed by atoms with Gasteiger partial charge in [0, 0.05) is 0 Å². The molecule has 134 valence electrons. The molecule has 0 aliphatic rings. The maximum Gasteiger partial charge on any atom is 0.416 e. The van der Waals surface area contributed by atoms with E-state index in [0.717, 1.165) is 37.1 Å². The Hall–Kier alpha value is -1.78. The molecule has 0 aliphatic heterocycles. The lowest BCUT2D eigenvalue weighted by atomic mass is 10.1. The van der Waals surface area contributed by atoms with Crippen molar-refractivity contribution in [2.45, 2.75) is 58.0 Å². The van der Waals surface area contributed by atoms with Crippen LogP contribution in [0.1, 0.15) is 67.8 Å². The molecule has 0 spiro atoms. The summed E-state index contributed by atoms with van der Waals surface area (Å²) in [5.74, 6) is -0.618. The number of carbonyl (C=O) groups is 1. The van der Waals surface area contributed by atoms with E-state index in [2.05, 4.69) is 6.92 Å². The summed E-state index contributed by atoms with van der Waals surface area (Å²) < 4.78 is 42.3. The molecule has 0 saturated carbocycles. The summed E-state index contributed by atoms with van der Waals surface area (Å²) in [5.41, 5.74) is -0.662. The van der Waals surface area contributed by atoms with Gasteiger partial charge in [0.1, 0.15) is 6.61 Å². The zero-order valence-corrected chi connectivity index (χ0v) is 14.1. The Bertz CT molecular complexity index is 504. The summed E-state index contributed by atoms with van der Waals surface area (Å²) in [4.78, 5) is 11.7. The van der Waals surface area contributed by atoms with Gasteiger partial charge >= 0.3 is 12.1 Å². The summed E-state index contributed by atoms with van der Waals surface area (Å²) in [6.45, 7) is 2.32. The summed E-state index contributed by atoms with van der Waals surface area (Å²) in [5, 5.41) is 0. The van der Waals surface area contributed by atoms with Gasteiger partial charge in [-0.2, -0.15) is 13.2 Å². The molecule has 0 unspecified atom stereocenters. The standard InChI is InChI=1S/C19H25F3O2/c1-2-3-4-5-6-7-8-9-10-15-24-18(23)16-11-13-17(14-12-16)19(20,21)22/h9-14H,2-8,15H2,1H3/b10-9+. The number of allylic oxidation sites excluding steroid dienone is 1. The molecule has 0 saturated heterocycles. The molecule has 0 bridgehead atoms. The van der Waals surface area contributed by atoms with Gasteiger partial charge in [-0.3, -0.25) is 0 Å².